The Hall–Kier alpha value is -2.77. The molecule has 2 fully saturated rings. The van der Waals surface area contributed by atoms with Gasteiger partial charge in [-0.15, -0.1) is 0 Å². The molecule has 3 aliphatic rings. The lowest BCUT2D eigenvalue weighted by molar-refractivity contribution is -0.132. The second-order valence-corrected chi connectivity index (χ2v) is 10.4. The van der Waals surface area contributed by atoms with Gasteiger partial charge in [-0.3, -0.25) is 9.78 Å². The summed E-state index contributed by atoms with van der Waals surface area (Å²) >= 11 is 0. The molecule has 3 aliphatic heterocycles. The molecule has 5 heterocycles. The van der Waals surface area contributed by atoms with Crippen LogP contribution in [0.5, 0.6) is 0 Å². The summed E-state index contributed by atoms with van der Waals surface area (Å²) in [5.74, 6) is 2.23. The molecule has 0 saturated carbocycles. The van der Waals surface area contributed by atoms with E-state index in [1.54, 1.807) is 0 Å². The molecule has 36 heavy (non-hydrogen) atoms. The van der Waals surface area contributed by atoms with Crippen LogP contribution in [-0.2, 0) is 27.4 Å². The van der Waals surface area contributed by atoms with E-state index in [1.807, 2.05) is 11.8 Å². The quantitative estimate of drug-likeness (QED) is 0.520. The van der Waals surface area contributed by atoms with E-state index in [2.05, 4.69) is 35.9 Å². The van der Waals surface area contributed by atoms with Crippen LogP contribution in [0.4, 0.5) is 0 Å². The predicted molar refractivity (Wildman–Crippen MR) is 139 cm³/mol. The van der Waals surface area contributed by atoms with Gasteiger partial charge >= 0.3 is 0 Å². The summed E-state index contributed by atoms with van der Waals surface area (Å²) in [6.45, 7) is 9.47. The van der Waals surface area contributed by atoms with Crippen LogP contribution in [0.25, 0.3) is 22.0 Å². The van der Waals surface area contributed by atoms with Crippen molar-refractivity contribution in [3.63, 3.8) is 0 Å². The maximum absolute atomic E-state index is 12.7. The minimum atomic E-state index is 0.207. The molecule has 0 radical (unpaired) electrons. The molecule has 1 aromatic carbocycles. The third kappa shape index (κ3) is 4.22. The van der Waals surface area contributed by atoms with E-state index in [1.165, 1.54) is 10.9 Å². The molecule has 1 amide bonds. The van der Waals surface area contributed by atoms with Gasteiger partial charge in [0.15, 0.2) is 0 Å². The molecule has 7 nitrogen and oxygen atoms in total. The van der Waals surface area contributed by atoms with Gasteiger partial charge in [0, 0.05) is 80.6 Å². The van der Waals surface area contributed by atoms with Gasteiger partial charge in [-0.1, -0.05) is 19.1 Å². The van der Waals surface area contributed by atoms with E-state index < -0.39 is 0 Å². The standard InChI is InChI=1S/C29H36N4O3/c1-3-26(34)32-10-11-33-25(18-32)28(31-29(33)21-8-14-36-15-9-21)27-19(2)4-5-22-16-24(30-17-23(22)27)20-6-12-35-13-7-20/h4-5,16-17,20-21H,3,6-15,18H2,1-2H3. The van der Waals surface area contributed by atoms with Crippen LogP contribution in [0, 0.1) is 6.92 Å². The molecule has 0 aliphatic carbocycles. The first-order chi connectivity index (χ1) is 17.6. The van der Waals surface area contributed by atoms with Crippen molar-refractivity contribution in [3.8, 4) is 11.3 Å². The Balaban J connectivity index is 1.47. The first-order valence-electron chi connectivity index (χ1n) is 13.6. The topological polar surface area (TPSA) is 69.5 Å². The van der Waals surface area contributed by atoms with Crippen LogP contribution in [0.15, 0.2) is 24.4 Å². The van der Waals surface area contributed by atoms with Crippen molar-refractivity contribution in [2.75, 3.05) is 33.0 Å². The highest BCUT2D eigenvalue weighted by Crippen LogP contribution is 2.39. The molecule has 2 aromatic heterocycles. The second kappa shape index (κ2) is 9.94. The van der Waals surface area contributed by atoms with E-state index in [0.717, 1.165) is 99.1 Å². The number of aryl methyl sites for hydroxylation is 1. The molecule has 7 heteroatoms. The van der Waals surface area contributed by atoms with Gasteiger partial charge in [0.05, 0.1) is 17.9 Å². The summed E-state index contributed by atoms with van der Waals surface area (Å²) in [4.78, 5) is 25.0. The Morgan fingerprint density at radius 1 is 1.03 bits per heavy atom. The van der Waals surface area contributed by atoms with Gasteiger partial charge < -0.3 is 18.9 Å². The highest BCUT2D eigenvalue weighted by atomic mass is 16.5. The van der Waals surface area contributed by atoms with Gasteiger partial charge in [0.2, 0.25) is 5.91 Å². The Morgan fingerprint density at radius 3 is 2.47 bits per heavy atom. The van der Waals surface area contributed by atoms with Gasteiger partial charge in [-0.05, 0) is 49.6 Å². The number of amides is 1. The number of carbonyl (C=O) groups is 1. The molecule has 0 atom stereocenters. The maximum Gasteiger partial charge on any atom is 0.222 e. The molecule has 0 N–H and O–H groups in total. The minimum absolute atomic E-state index is 0.207. The van der Waals surface area contributed by atoms with Crippen molar-refractivity contribution in [1.29, 1.82) is 0 Å². The van der Waals surface area contributed by atoms with E-state index >= 15 is 0 Å². The van der Waals surface area contributed by atoms with Crippen molar-refractivity contribution in [2.24, 2.45) is 0 Å². The summed E-state index contributed by atoms with van der Waals surface area (Å²) in [6.07, 6.45) is 6.64. The van der Waals surface area contributed by atoms with Crippen LogP contribution in [-0.4, -0.2) is 58.3 Å². The fourth-order valence-electron chi connectivity index (χ4n) is 6.18. The molecule has 2 saturated heterocycles. The maximum atomic E-state index is 12.7. The smallest absolute Gasteiger partial charge is 0.222 e. The molecule has 3 aromatic rings. The van der Waals surface area contributed by atoms with Gasteiger partial charge in [-0.2, -0.15) is 0 Å². The number of carbonyl (C=O) groups excluding carboxylic acids is 1. The number of benzene rings is 1. The first kappa shape index (κ1) is 23.6. The molecule has 190 valence electrons. The Morgan fingerprint density at radius 2 is 1.75 bits per heavy atom. The lowest BCUT2D eigenvalue weighted by Crippen LogP contribution is -2.38. The fourth-order valence-corrected chi connectivity index (χ4v) is 6.18. The Labute approximate surface area is 212 Å². The van der Waals surface area contributed by atoms with Crippen LogP contribution < -0.4 is 0 Å². The number of fused-ring (bicyclic) bond motifs is 2. The third-order valence-electron chi connectivity index (χ3n) is 8.29. The number of ether oxygens (including phenoxy) is 2. The molecule has 6 rings (SSSR count). The highest BCUT2D eigenvalue weighted by molar-refractivity contribution is 5.97. The van der Waals surface area contributed by atoms with Crippen molar-refractivity contribution in [3.05, 3.63) is 47.2 Å². The molecular weight excluding hydrogens is 452 g/mol. The Kier molecular flexibility index (Phi) is 6.52. The third-order valence-corrected chi connectivity index (χ3v) is 8.29. The minimum Gasteiger partial charge on any atom is -0.381 e. The first-order valence-corrected chi connectivity index (χ1v) is 13.6. The normalized spacial score (nSPS) is 19.6. The van der Waals surface area contributed by atoms with Crippen LogP contribution in [0.2, 0.25) is 0 Å². The number of rotatable bonds is 4. The highest BCUT2D eigenvalue weighted by Gasteiger charge is 2.31. The number of nitrogens with zero attached hydrogens (tertiary/aromatic N) is 4. The van der Waals surface area contributed by atoms with Crippen LogP contribution in [0.3, 0.4) is 0 Å². The molecular formula is C29H36N4O3. The predicted octanol–water partition coefficient (Wildman–Crippen LogP) is 4.95. The van der Waals surface area contributed by atoms with Crippen molar-refractivity contribution >= 4 is 16.7 Å². The number of hydrogen-bond donors (Lipinski definition) is 0. The van der Waals surface area contributed by atoms with Gasteiger partial charge in [-0.25, -0.2) is 4.98 Å². The van der Waals surface area contributed by atoms with Crippen LogP contribution in [0.1, 0.15) is 73.6 Å². The average molecular weight is 489 g/mol. The molecule has 0 unspecified atom stereocenters. The van der Waals surface area contributed by atoms with E-state index in [4.69, 9.17) is 19.4 Å². The number of pyridine rings is 1. The van der Waals surface area contributed by atoms with Gasteiger partial charge in [0.1, 0.15) is 5.82 Å². The number of hydrogen-bond acceptors (Lipinski definition) is 5. The average Bonchev–Trinajstić information content (AvgIpc) is 3.31. The van der Waals surface area contributed by atoms with Crippen molar-refractivity contribution in [1.82, 2.24) is 19.4 Å². The summed E-state index contributed by atoms with van der Waals surface area (Å²) < 4.78 is 13.6. The zero-order valence-electron chi connectivity index (χ0n) is 21.5. The monoisotopic (exact) mass is 488 g/mol. The molecule has 0 spiro atoms. The summed E-state index contributed by atoms with van der Waals surface area (Å²) in [5.41, 5.74) is 5.70. The zero-order valence-corrected chi connectivity index (χ0v) is 21.5. The lowest BCUT2D eigenvalue weighted by Gasteiger charge is -2.31. The lowest BCUT2D eigenvalue weighted by atomic mass is 9.92. The zero-order chi connectivity index (χ0) is 24.6. The summed E-state index contributed by atoms with van der Waals surface area (Å²) in [5, 5.41) is 2.35. The van der Waals surface area contributed by atoms with Crippen molar-refractivity contribution < 1.29 is 14.3 Å². The largest absolute Gasteiger partial charge is 0.381 e. The fraction of sp³-hybridized carbons (Fsp3) is 0.552. The summed E-state index contributed by atoms with van der Waals surface area (Å²) in [7, 11) is 0. The van der Waals surface area contributed by atoms with Crippen LogP contribution >= 0.6 is 0 Å². The molecule has 0 bridgehead atoms. The Bertz CT molecular complexity index is 1270. The van der Waals surface area contributed by atoms with E-state index in [-0.39, 0.29) is 5.91 Å². The number of imidazole rings is 1. The van der Waals surface area contributed by atoms with E-state index in [0.29, 0.717) is 24.8 Å². The SMILES string of the molecule is CCC(=O)N1CCn2c(C3CCOCC3)nc(-c3c(C)ccc4cc(C5CCOCC5)ncc34)c2C1. The number of aromatic nitrogens is 3. The van der Waals surface area contributed by atoms with Crippen molar-refractivity contribution in [2.45, 2.75) is 70.9 Å². The van der Waals surface area contributed by atoms with E-state index in [9.17, 15) is 4.79 Å². The summed E-state index contributed by atoms with van der Waals surface area (Å²) in [6, 6.07) is 6.69. The second-order valence-electron chi connectivity index (χ2n) is 10.4. The van der Waals surface area contributed by atoms with Gasteiger partial charge in [0.25, 0.3) is 0 Å².